The molecular formula is C21H19N3O2. The lowest BCUT2D eigenvalue weighted by molar-refractivity contribution is 0.112. The number of rotatable bonds is 4. The van der Waals surface area contributed by atoms with Crippen molar-refractivity contribution in [2.75, 3.05) is 6.54 Å². The van der Waals surface area contributed by atoms with E-state index < -0.39 is 0 Å². The van der Waals surface area contributed by atoms with Crippen molar-refractivity contribution in [2.45, 2.75) is 32.2 Å². The van der Waals surface area contributed by atoms with Crippen LogP contribution in [-0.4, -0.2) is 22.7 Å². The molecule has 2 heterocycles. The standard InChI is InChI=1S/C21H19N3O2/c1-2-14-5-3-6-15(9-14)16-10-17(12-25)20-19(11-16)26-21(23-20)18-7-4-8-24(18)13-22/h3,5-6,9-12,18H,2,4,7-8H2,1H3. The molecule has 1 aromatic heterocycles. The molecule has 0 bridgehead atoms. The van der Waals surface area contributed by atoms with Crippen LogP contribution in [-0.2, 0) is 6.42 Å². The highest BCUT2D eigenvalue weighted by Gasteiger charge is 2.30. The van der Waals surface area contributed by atoms with Crippen molar-refractivity contribution in [3.63, 3.8) is 0 Å². The van der Waals surface area contributed by atoms with Crippen LogP contribution in [0.1, 0.15) is 47.6 Å². The number of oxazole rings is 1. The van der Waals surface area contributed by atoms with Gasteiger partial charge in [-0.15, -0.1) is 0 Å². The number of benzene rings is 2. The molecule has 4 rings (SSSR count). The minimum absolute atomic E-state index is 0.140. The molecule has 0 radical (unpaired) electrons. The summed E-state index contributed by atoms with van der Waals surface area (Å²) in [6, 6.07) is 11.9. The lowest BCUT2D eigenvalue weighted by Crippen LogP contribution is -2.17. The summed E-state index contributed by atoms with van der Waals surface area (Å²) in [6.07, 6.45) is 5.74. The van der Waals surface area contributed by atoms with E-state index in [-0.39, 0.29) is 6.04 Å². The lowest BCUT2D eigenvalue weighted by Gasteiger charge is -2.13. The second kappa shape index (κ2) is 6.64. The van der Waals surface area contributed by atoms with E-state index in [4.69, 9.17) is 4.42 Å². The number of aldehydes is 1. The molecule has 130 valence electrons. The summed E-state index contributed by atoms with van der Waals surface area (Å²) in [5, 5.41) is 9.27. The Morgan fingerprint density at radius 3 is 3.00 bits per heavy atom. The van der Waals surface area contributed by atoms with Gasteiger partial charge in [0.15, 0.2) is 18.1 Å². The summed E-state index contributed by atoms with van der Waals surface area (Å²) >= 11 is 0. The van der Waals surface area contributed by atoms with Crippen molar-refractivity contribution < 1.29 is 9.21 Å². The Hall–Kier alpha value is -3.13. The highest BCUT2D eigenvalue weighted by molar-refractivity contribution is 5.96. The molecule has 1 unspecified atom stereocenters. The predicted octanol–water partition coefficient (Wildman–Crippen LogP) is 4.49. The summed E-state index contributed by atoms with van der Waals surface area (Å²) in [5.41, 5.74) is 4.88. The number of carbonyl (C=O) groups excluding carboxylic acids is 1. The number of likely N-dealkylation sites (tertiary alicyclic amines) is 1. The smallest absolute Gasteiger partial charge is 0.219 e. The fraction of sp³-hybridized carbons (Fsp3) is 0.286. The molecule has 26 heavy (non-hydrogen) atoms. The summed E-state index contributed by atoms with van der Waals surface area (Å²) in [5.74, 6) is 0.515. The first-order chi connectivity index (χ1) is 12.7. The Balaban J connectivity index is 1.82. The Kier molecular flexibility index (Phi) is 4.18. The average molecular weight is 345 g/mol. The first-order valence-electron chi connectivity index (χ1n) is 8.89. The Labute approximate surface area is 151 Å². The summed E-state index contributed by atoms with van der Waals surface area (Å²) < 4.78 is 5.98. The highest BCUT2D eigenvalue weighted by atomic mass is 16.3. The zero-order valence-corrected chi connectivity index (χ0v) is 14.6. The van der Waals surface area contributed by atoms with Gasteiger partial charge in [-0.3, -0.25) is 9.69 Å². The van der Waals surface area contributed by atoms with E-state index in [1.807, 2.05) is 24.3 Å². The molecule has 1 fully saturated rings. The maximum Gasteiger partial charge on any atom is 0.219 e. The quantitative estimate of drug-likeness (QED) is 0.515. The molecule has 5 heteroatoms. The third-order valence-electron chi connectivity index (χ3n) is 5.00. The van der Waals surface area contributed by atoms with Crippen LogP contribution in [0.15, 0.2) is 40.8 Å². The number of hydrogen-bond donors (Lipinski definition) is 0. The van der Waals surface area contributed by atoms with Crippen LogP contribution in [0.3, 0.4) is 0 Å². The van der Waals surface area contributed by atoms with Crippen molar-refractivity contribution in [1.82, 2.24) is 9.88 Å². The van der Waals surface area contributed by atoms with Gasteiger partial charge in [0.25, 0.3) is 0 Å². The topological polar surface area (TPSA) is 70.1 Å². The molecule has 0 amide bonds. The Morgan fingerprint density at radius 1 is 1.35 bits per heavy atom. The van der Waals surface area contributed by atoms with Gasteiger partial charge in [-0.25, -0.2) is 4.98 Å². The van der Waals surface area contributed by atoms with Gasteiger partial charge in [0.05, 0.1) is 0 Å². The van der Waals surface area contributed by atoms with Crippen LogP contribution in [0.2, 0.25) is 0 Å². The summed E-state index contributed by atoms with van der Waals surface area (Å²) in [6.45, 7) is 2.83. The molecule has 0 spiro atoms. The zero-order valence-electron chi connectivity index (χ0n) is 14.6. The third kappa shape index (κ3) is 2.74. The van der Waals surface area contributed by atoms with Crippen LogP contribution in [0, 0.1) is 11.5 Å². The molecule has 0 N–H and O–H groups in total. The SMILES string of the molecule is CCc1cccc(-c2cc(C=O)c3nc(C4CCCN4C#N)oc3c2)c1. The number of aryl methyl sites for hydroxylation is 1. The lowest BCUT2D eigenvalue weighted by atomic mass is 10.00. The maximum atomic E-state index is 11.6. The van der Waals surface area contributed by atoms with Crippen molar-refractivity contribution in [2.24, 2.45) is 0 Å². The molecule has 1 aliphatic rings. The largest absolute Gasteiger partial charge is 0.438 e. The van der Waals surface area contributed by atoms with Crippen molar-refractivity contribution >= 4 is 17.4 Å². The molecule has 5 nitrogen and oxygen atoms in total. The van der Waals surface area contributed by atoms with Gasteiger partial charge in [-0.05, 0) is 48.1 Å². The predicted molar refractivity (Wildman–Crippen MR) is 98.5 cm³/mol. The van der Waals surface area contributed by atoms with E-state index in [0.717, 1.165) is 43.2 Å². The van der Waals surface area contributed by atoms with Gasteiger partial charge >= 0.3 is 0 Å². The van der Waals surface area contributed by atoms with Gasteiger partial charge in [-0.1, -0.05) is 31.2 Å². The molecule has 2 aromatic carbocycles. The van der Waals surface area contributed by atoms with Crippen LogP contribution >= 0.6 is 0 Å². The minimum Gasteiger partial charge on any atom is -0.438 e. The van der Waals surface area contributed by atoms with Gasteiger partial charge in [0, 0.05) is 12.1 Å². The van der Waals surface area contributed by atoms with Crippen LogP contribution in [0.5, 0.6) is 0 Å². The van der Waals surface area contributed by atoms with Crippen molar-refractivity contribution in [1.29, 1.82) is 5.26 Å². The van der Waals surface area contributed by atoms with Gasteiger partial charge in [0.1, 0.15) is 11.6 Å². The van der Waals surface area contributed by atoms with Crippen molar-refractivity contribution in [3.05, 3.63) is 53.4 Å². The first-order valence-corrected chi connectivity index (χ1v) is 8.89. The van der Waals surface area contributed by atoms with Crippen molar-refractivity contribution in [3.8, 4) is 17.3 Å². The fourth-order valence-corrected chi connectivity index (χ4v) is 3.59. The van der Waals surface area contributed by atoms with E-state index in [1.54, 1.807) is 4.90 Å². The maximum absolute atomic E-state index is 11.6. The van der Waals surface area contributed by atoms with Crippen LogP contribution < -0.4 is 0 Å². The van der Waals surface area contributed by atoms with Crippen LogP contribution in [0.4, 0.5) is 0 Å². The molecular weight excluding hydrogens is 326 g/mol. The fourth-order valence-electron chi connectivity index (χ4n) is 3.59. The number of nitrogens with zero attached hydrogens (tertiary/aromatic N) is 3. The van der Waals surface area contributed by atoms with Gasteiger partial charge < -0.3 is 4.42 Å². The normalized spacial score (nSPS) is 16.8. The Morgan fingerprint density at radius 2 is 2.23 bits per heavy atom. The summed E-state index contributed by atoms with van der Waals surface area (Å²) in [4.78, 5) is 17.9. The molecule has 1 saturated heterocycles. The minimum atomic E-state index is -0.140. The molecule has 3 aromatic rings. The molecule has 1 atom stereocenters. The highest BCUT2D eigenvalue weighted by Crippen LogP contribution is 2.35. The second-order valence-corrected chi connectivity index (χ2v) is 6.59. The molecule has 0 aliphatic carbocycles. The first kappa shape index (κ1) is 16.3. The number of fused-ring (bicyclic) bond motifs is 1. The van der Waals surface area contributed by atoms with Gasteiger partial charge in [-0.2, -0.15) is 5.26 Å². The number of aromatic nitrogens is 1. The number of nitriles is 1. The molecule has 0 saturated carbocycles. The summed E-state index contributed by atoms with van der Waals surface area (Å²) in [7, 11) is 0. The van der Waals surface area contributed by atoms with E-state index >= 15 is 0 Å². The zero-order chi connectivity index (χ0) is 18.1. The van der Waals surface area contributed by atoms with E-state index in [9.17, 15) is 10.1 Å². The van der Waals surface area contributed by atoms with E-state index in [1.165, 1.54) is 5.56 Å². The molecule has 1 aliphatic heterocycles. The van der Waals surface area contributed by atoms with E-state index in [0.29, 0.717) is 22.6 Å². The second-order valence-electron chi connectivity index (χ2n) is 6.59. The average Bonchev–Trinajstić information content (AvgIpc) is 3.33. The van der Waals surface area contributed by atoms with Crippen LogP contribution in [0.25, 0.3) is 22.2 Å². The number of hydrogen-bond acceptors (Lipinski definition) is 5. The Bertz CT molecular complexity index is 1020. The monoisotopic (exact) mass is 345 g/mol. The number of carbonyl (C=O) groups is 1. The van der Waals surface area contributed by atoms with Gasteiger partial charge in [0.2, 0.25) is 5.89 Å². The third-order valence-corrected chi connectivity index (χ3v) is 5.00. The van der Waals surface area contributed by atoms with E-state index in [2.05, 4.69) is 30.2 Å².